The van der Waals surface area contributed by atoms with Gasteiger partial charge in [0.05, 0.1) is 5.56 Å². The summed E-state index contributed by atoms with van der Waals surface area (Å²) >= 11 is 7.86. The van der Waals surface area contributed by atoms with Crippen molar-refractivity contribution in [2.45, 2.75) is 0 Å². The Bertz CT molecular complexity index is 552. The summed E-state index contributed by atoms with van der Waals surface area (Å²) in [6.45, 7) is 0. The Balaban J connectivity index is 2.77. The molecule has 0 aromatic heterocycles. The SMILES string of the molecule is O=C(O)c1cc2cc(Cl)ccc2cc1I. The van der Waals surface area contributed by atoms with Crippen LogP contribution in [-0.4, -0.2) is 11.1 Å². The van der Waals surface area contributed by atoms with Crippen LogP contribution in [0.5, 0.6) is 0 Å². The summed E-state index contributed by atoms with van der Waals surface area (Å²) in [6.07, 6.45) is 0. The molecule has 0 fully saturated rings. The second kappa shape index (κ2) is 3.98. The van der Waals surface area contributed by atoms with Crippen molar-refractivity contribution in [3.8, 4) is 0 Å². The Kier molecular flexibility index (Phi) is 2.84. The minimum Gasteiger partial charge on any atom is -0.478 e. The van der Waals surface area contributed by atoms with Crippen molar-refractivity contribution in [2.75, 3.05) is 0 Å². The number of hydrogen-bond donors (Lipinski definition) is 1. The Labute approximate surface area is 105 Å². The minimum atomic E-state index is -0.915. The number of benzene rings is 2. The van der Waals surface area contributed by atoms with Gasteiger partial charge in [-0.1, -0.05) is 17.7 Å². The molecule has 0 saturated carbocycles. The molecule has 0 amide bonds. The van der Waals surface area contributed by atoms with Crippen molar-refractivity contribution < 1.29 is 9.90 Å². The number of rotatable bonds is 1. The fourth-order valence-electron chi connectivity index (χ4n) is 1.40. The number of hydrogen-bond acceptors (Lipinski definition) is 1. The predicted molar refractivity (Wildman–Crippen MR) is 68.6 cm³/mol. The Morgan fingerprint density at radius 1 is 1.20 bits per heavy atom. The van der Waals surface area contributed by atoms with Gasteiger partial charge in [0, 0.05) is 8.59 Å². The Morgan fingerprint density at radius 3 is 2.60 bits per heavy atom. The first-order valence-electron chi connectivity index (χ1n) is 4.20. The normalized spacial score (nSPS) is 10.5. The first kappa shape index (κ1) is 10.7. The highest BCUT2D eigenvalue weighted by Crippen LogP contribution is 2.24. The molecule has 2 aromatic rings. The molecule has 0 bridgehead atoms. The number of carboxylic acid groups (broad SMARTS) is 1. The number of carboxylic acids is 1. The van der Waals surface area contributed by atoms with E-state index >= 15 is 0 Å². The van der Waals surface area contributed by atoms with Gasteiger partial charge in [0.25, 0.3) is 0 Å². The van der Waals surface area contributed by atoms with Crippen LogP contribution in [0.2, 0.25) is 5.02 Å². The molecule has 1 N–H and O–H groups in total. The summed E-state index contributed by atoms with van der Waals surface area (Å²) in [6, 6.07) is 8.92. The van der Waals surface area contributed by atoms with Crippen molar-refractivity contribution in [2.24, 2.45) is 0 Å². The molecule has 2 aromatic carbocycles. The van der Waals surface area contributed by atoms with Crippen molar-refractivity contribution in [3.63, 3.8) is 0 Å². The highest BCUT2D eigenvalue weighted by atomic mass is 127. The first-order valence-corrected chi connectivity index (χ1v) is 5.66. The topological polar surface area (TPSA) is 37.3 Å². The van der Waals surface area contributed by atoms with Gasteiger partial charge in [-0.25, -0.2) is 4.79 Å². The largest absolute Gasteiger partial charge is 0.478 e. The minimum absolute atomic E-state index is 0.311. The highest BCUT2D eigenvalue weighted by molar-refractivity contribution is 14.1. The van der Waals surface area contributed by atoms with Crippen LogP contribution in [0.4, 0.5) is 0 Å². The fourth-order valence-corrected chi connectivity index (χ4v) is 2.31. The van der Waals surface area contributed by atoms with Gasteiger partial charge in [-0.3, -0.25) is 0 Å². The molecular weight excluding hydrogens is 326 g/mol. The van der Waals surface area contributed by atoms with E-state index in [2.05, 4.69) is 0 Å². The smallest absolute Gasteiger partial charge is 0.336 e. The Morgan fingerprint density at radius 2 is 1.93 bits per heavy atom. The molecule has 2 rings (SSSR count). The maximum Gasteiger partial charge on any atom is 0.336 e. The lowest BCUT2D eigenvalue weighted by atomic mass is 10.1. The molecule has 0 radical (unpaired) electrons. The van der Waals surface area contributed by atoms with E-state index < -0.39 is 5.97 Å². The molecule has 0 saturated heterocycles. The number of halogens is 2. The fraction of sp³-hybridized carbons (Fsp3) is 0. The third-order valence-electron chi connectivity index (χ3n) is 2.12. The summed E-state index contributed by atoms with van der Waals surface area (Å²) in [5.74, 6) is -0.915. The van der Waals surface area contributed by atoms with Crippen molar-refractivity contribution in [1.82, 2.24) is 0 Å². The predicted octanol–water partition coefficient (Wildman–Crippen LogP) is 3.80. The van der Waals surface area contributed by atoms with Crippen LogP contribution >= 0.6 is 34.2 Å². The van der Waals surface area contributed by atoms with Crippen molar-refractivity contribution in [1.29, 1.82) is 0 Å². The third-order valence-corrected chi connectivity index (χ3v) is 3.25. The zero-order valence-electron chi connectivity index (χ0n) is 7.50. The molecule has 0 atom stereocenters. The maximum absolute atomic E-state index is 10.9. The van der Waals surface area contributed by atoms with Gasteiger partial charge in [0.1, 0.15) is 0 Å². The molecule has 15 heavy (non-hydrogen) atoms. The van der Waals surface area contributed by atoms with Crippen LogP contribution in [0.1, 0.15) is 10.4 Å². The lowest BCUT2D eigenvalue weighted by molar-refractivity contribution is 0.0696. The number of fused-ring (bicyclic) bond motifs is 1. The molecule has 0 aliphatic rings. The van der Waals surface area contributed by atoms with Gasteiger partial charge in [-0.2, -0.15) is 0 Å². The molecular formula is C11H6ClIO2. The highest BCUT2D eigenvalue weighted by Gasteiger charge is 2.09. The summed E-state index contributed by atoms with van der Waals surface area (Å²) in [5, 5.41) is 11.4. The lowest BCUT2D eigenvalue weighted by Gasteiger charge is -2.03. The van der Waals surface area contributed by atoms with Gasteiger partial charge >= 0.3 is 5.97 Å². The van der Waals surface area contributed by atoms with E-state index in [0.29, 0.717) is 10.6 Å². The zero-order chi connectivity index (χ0) is 11.0. The molecule has 0 aliphatic heterocycles. The van der Waals surface area contributed by atoms with Crippen molar-refractivity contribution >= 4 is 50.9 Å². The molecule has 0 unspecified atom stereocenters. The van der Waals surface area contributed by atoms with Gasteiger partial charge in [0.15, 0.2) is 0 Å². The van der Waals surface area contributed by atoms with Gasteiger partial charge in [-0.15, -0.1) is 0 Å². The average molecular weight is 333 g/mol. The van der Waals surface area contributed by atoms with Gasteiger partial charge < -0.3 is 5.11 Å². The standard InChI is InChI=1S/C11H6ClIO2/c12-8-2-1-6-5-10(13)9(11(14)15)4-7(6)3-8/h1-5H,(H,14,15). The van der Waals surface area contributed by atoms with Crippen LogP contribution in [0.3, 0.4) is 0 Å². The van der Waals surface area contributed by atoms with E-state index in [9.17, 15) is 4.79 Å². The quantitative estimate of drug-likeness (QED) is 0.807. The summed E-state index contributed by atoms with van der Waals surface area (Å²) < 4.78 is 0.731. The Hall–Kier alpha value is -0.810. The monoisotopic (exact) mass is 332 g/mol. The lowest BCUT2D eigenvalue weighted by Crippen LogP contribution is -1.99. The number of carbonyl (C=O) groups is 1. The first-order chi connectivity index (χ1) is 7.08. The molecule has 0 aliphatic carbocycles. The van der Waals surface area contributed by atoms with Gasteiger partial charge in [-0.05, 0) is 57.6 Å². The van der Waals surface area contributed by atoms with E-state index in [1.165, 1.54) is 0 Å². The summed E-state index contributed by atoms with van der Waals surface area (Å²) in [4.78, 5) is 10.9. The molecule has 0 heterocycles. The van der Waals surface area contributed by atoms with Crippen LogP contribution in [0.25, 0.3) is 10.8 Å². The molecule has 4 heteroatoms. The number of aromatic carboxylic acids is 1. The second-order valence-electron chi connectivity index (χ2n) is 3.13. The summed E-state index contributed by atoms with van der Waals surface area (Å²) in [7, 11) is 0. The third kappa shape index (κ3) is 2.08. The van der Waals surface area contributed by atoms with E-state index in [-0.39, 0.29) is 0 Å². The molecule has 0 spiro atoms. The van der Waals surface area contributed by atoms with E-state index in [1.54, 1.807) is 18.2 Å². The second-order valence-corrected chi connectivity index (χ2v) is 4.73. The zero-order valence-corrected chi connectivity index (χ0v) is 10.4. The van der Waals surface area contributed by atoms with Crippen LogP contribution < -0.4 is 0 Å². The van der Waals surface area contributed by atoms with Crippen LogP contribution in [-0.2, 0) is 0 Å². The summed E-state index contributed by atoms with van der Waals surface area (Å²) in [5.41, 5.74) is 0.311. The van der Waals surface area contributed by atoms with Crippen molar-refractivity contribution in [3.05, 3.63) is 44.5 Å². The van der Waals surface area contributed by atoms with E-state index in [1.807, 2.05) is 34.7 Å². The van der Waals surface area contributed by atoms with Crippen LogP contribution in [0, 0.1) is 3.57 Å². The van der Waals surface area contributed by atoms with Crippen LogP contribution in [0.15, 0.2) is 30.3 Å². The van der Waals surface area contributed by atoms with E-state index in [4.69, 9.17) is 16.7 Å². The van der Waals surface area contributed by atoms with E-state index in [0.717, 1.165) is 14.3 Å². The molecule has 76 valence electrons. The molecule has 2 nitrogen and oxygen atoms in total. The maximum atomic E-state index is 10.9. The average Bonchev–Trinajstić information content (AvgIpc) is 2.17. The van der Waals surface area contributed by atoms with Gasteiger partial charge in [0.2, 0.25) is 0 Å².